The minimum atomic E-state index is -0.369. The number of anilines is 2. The zero-order chi connectivity index (χ0) is 14.8. The highest BCUT2D eigenvalue weighted by atomic mass is 16.2. The Morgan fingerprint density at radius 3 is 2.57 bits per heavy atom. The highest BCUT2D eigenvalue weighted by molar-refractivity contribution is 6.12. The maximum absolute atomic E-state index is 12.4. The summed E-state index contributed by atoms with van der Waals surface area (Å²) in [4.78, 5) is 24.7. The minimum Gasteiger partial charge on any atom is -0.398 e. The molecule has 21 heavy (non-hydrogen) atoms. The minimum absolute atomic E-state index is 0.0811. The fourth-order valence-electron chi connectivity index (χ4n) is 2.70. The van der Waals surface area contributed by atoms with Gasteiger partial charge in [-0.1, -0.05) is 36.4 Å². The zero-order valence-corrected chi connectivity index (χ0v) is 11.5. The molecule has 0 aliphatic carbocycles. The van der Waals surface area contributed by atoms with Crippen molar-refractivity contribution in [2.24, 2.45) is 5.92 Å². The van der Waals surface area contributed by atoms with Crippen LogP contribution in [0.5, 0.6) is 0 Å². The van der Waals surface area contributed by atoms with Crippen molar-refractivity contribution in [2.45, 2.75) is 12.8 Å². The van der Waals surface area contributed by atoms with Crippen LogP contribution < -0.4 is 11.1 Å². The molecule has 1 aliphatic rings. The molecule has 0 spiro atoms. The maximum Gasteiger partial charge on any atom is 0.228 e. The van der Waals surface area contributed by atoms with Crippen LogP contribution in [0.1, 0.15) is 22.3 Å². The number of carbonyl (C=O) groups excluding carboxylic acids is 2. The Morgan fingerprint density at radius 2 is 1.81 bits per heavy atom. The van der Waals surface area contributed by atoms with E-state index < -0.39 is 0 Å². The molecule has 1 heterocycles. The first-order chi connectivity index (χ1) is 10.1. The van der Waals surface area contributed by atoms with Gasteiger partial charge in [0, 0.05) is 18.0 Å². The summed E-state index contributed by atoms with van der Waals surface area (Å²) in [5, 5.41) is 2.82. The van der Waals surface area contributed by atoms with Crippen LogP contribution in [0.4, 0.5) is 11.4 Å². The van der Waals surface area contributed by atoms with Crippen molar-refractivity contribution in [1.82, 2.24) is 0 Å². The lowest BCUT2D eigenvalue weighted by atomic mass is 9.92. The number of nitrogen functional groups attached to an aromatic ring is 1. The molecule has 1 amide bonds. The predicted octanol–water partition coefficient (Wildman–Crippen LogP) is 2.65. The van der Waals surface area contributed by atoms with Gasteiger partial charge < -0.3 is 11.1 Å². The number of nitrogens with two attached hydrogens (primary N) is 1. The normalized spacial score (nSPS) is 17.8. The Kier molecular flexibility index (Phi) is 3.44. The van der Waals surface area contributed by atoms with E-state index in [0.717, 1.165) is 5.56 Å². The summed E-state index contributed by atoms with van der Waals surface area (Å²) in [6.45, 7) is 0. The molecule has 3 N–H and O–H groups in total. The summed E-state index contributed by atoms with van der Waals surface area (Å²) in [7, 11) is 0. The molecule has 1 atom stereocenters. The molecule has 0 radical (unpaired) electrons. The average Bonchev–Trinajstić information content (AvgIpc) is 2.58. The Bertz CT molecular complexity index is 695. The Morgan fingerprint density at radius 1 is 1.05 bits per heavy atom. The molecule has 106 valence electrons. The Balaban J connectivity index is 1.90. The molecule has 0 aromatic heterocycles. The van der Waals surface area contributed by atoms with Gasteiger partial charge in [0.05, 0.1) is 11.3 Å². The van der Waals surface area contributed by atoms with Crippen LogP contribution in [0.2, 0.25) is 0 Å². The predicted molar refractivity (Wildman–Crippen MR) is 82.1 cm³/mol. The van der Waals surface area contributed by atoms with Crippen molar-refractivity contribution in [3.8, 4) is 0 Å². The molecule has 4 heteroatoms. The number of nitrogens with one attached hydrogen (secondary N) is 1. The number of hydrogen-bond donors (Lipinski definition) is 2. The van der Waals surface area contributed by atoms with E-state index in [9.17, 15) is 9.59 Å². The number of carbonyl (C=O) groups is 2. The second kappa shape index (κ2) is 5.40. The van der Waals surface area contributed by atoms with Crippen LogP contribution in [0, 0.1) is 5.92 Å². The van der Waals surface area contributed by atoms with E-state index >= 15 is 0 Å². The molecule has 3 rings (SSSR count). The molecule has 0 saturated heterocycles. The lowest BCUT2D eigenvalue weighted by molar-refractivity contribution is -0.119. The quantitative estimate of drug-likeness (QED) is 0.831. The van der Waals surface area contributed by atoms with Crippen LogP contribution in [0.25, 0.3) is 0 Å². The van der Waals surface area contributed by atoms with Crippen molar-refractivity contribution in [3.05, 3.63) is 59.7 Å². The molecule has 2 aromatic rings. The largest absolute Gasteiger partial charge is 0.398 e. The summed E-state index contributed by atoms with van der Waals surface area (Å²) in [5.41, 5.74) is 8.28. The number of hydrogen-bond acceptors (Lipinski definition) is 3. The van der Waals surface area contributed by atoms with Crippen LogP contribution >= 0.6 is 0 Å². The number of benzene rings is 2. The van der Waals surface area contributed by atoms with Gasteiger partial charge in [-0.3, -0.25) is 9.59 Å². The average molecular weight is 280 g/mol. The first-order valence-corrected chi connectivity index (χ1v) is 6.91. The smallest absolute Gasteiger partial charge is 0.228 e. The maximum atomic E-state index is 12.4. The van der Waals surface area contributed by atoms with Crippen molar-refractivity contribution in [2.75, 3.05) is 11.1 Å². The van der Waals surface area contributed by atoms with Crippen molar-refractivity contribution in [1.29, 1.82) is 0 Å². The second-order valence-corrected chi connectivity index (χ2v) is 5.27. The van der Waals surface area contributed by atoms with E-state index in [4.69, 9.17) is 5.73 Å². The van der Waals surface area contributed by atoms with Gasteiger partial charge in [0.1, 0.15) is 0 Å². The second-order valence-electron chi connectivity index (χ2n) is 5.27. The highest BCUT2D eigenvalue weighted by Gasteiger charge is 2.29. The third kappa shape index (κ3) is 2.65. The standard InChI is InChI=1S/C17H16N2O2/c18-13-7-4-8-14-16(13)15(20)10-12(17(21)19-14)9-11-5-2-1-3-6-11/h1-8,12H,9-10,18H2,(H,19,21)/t12-/m1/s1. The molecular formula is C17H16N2O2. The molecule has 1 aliphatic heterocycles. The fraction of sp³-hybridized carbons (Fsp3) is 0.176. The van der Waals surface area contributed by atoms with Crippen LogP contribution in [0.3, 0.4) is 0 Å². The summed E-state index contributed by atoms with van der Waals surface area (Å²) in [6, 6.07) is 14.8. The van der Waals surface area contributed by atoms with E-state index in [1.807, 2.05) is 30.3 Å². The SMILES string of the molecule is Nc1cccc2c1C(=O)C[C@@H](Cc1ccccc1)C(=O)N2. The summed E-state index contributed by atoms with van der Waals surface area (Å²) >= 11 is 0. The third-order valence-corrected chi connectivity index (χ3v) is 3.76. The molecule has 2 aromatic carbocycles. The highest BCUT2D eigenvalue weighted by Crippen LogP contribution is 2.30. The van der Waals surface area contributed by atoms with Crippen LogP contribution in [-0.2, 0) is 11.2 Å². The molecule has 0 saturated carbocycles. The number of fused-ring (bicyclic) bond motifs is 1. The lowest BCUT2D eigenvalue weighted by Crippen LogP contribution is -2.23. The summed E-state index contributed by atoms with van der Waals surface area (Å²) in [6.07, 6.45) is 0.730. The lowest BCUT2D eigenvalue weighted by Gasteiger charge is -2.12. The van der Waals surface area contributed by atoms with E-state index in [0.29, 0.717) is 23.4 Å². The number of rotatable bonds is 2. The molecule has 4 nitrogen and oxygen atoms in total. The summed E-state index contributed by atoms with van der Waals surface area (Å²) in [5.74, 6) is -0.578. The first-order valence-electron chi connectivity index (χ1n) is 6.91. The molecular weight excluding hydrogens is 264 g/mol. The van der Waals surface area contributed by atoms with E-state index in [-0.39, 0.29) is 24.0 Å². The fourth-order valence-corrected chi connectivity index (χ4v) is 2.70. The van der Waals surface area contributed by atoms with Gasteiger partial charge >= 0.3 is 0 Å². The summed E-state index contributed by atoms with van der Waals surface area (Å²) < 4.78 is 0. The van der Waals surface area contributed by atoms with Gasteiger partial charge in [-0.05, 0) is 24.1 Å². The van der Waals surface area contributed by atoms with Crippen LogP contribution in [-0.4, -0.2) is 11.7 Å². The monoisotopic (exact) mass is 280 g/mol. The van der Waals surface area contributed by atoms with E-state index in [1.54, 1.807) is 18.2 Å². The molecule has 0 unspecified atom stereocenters. The molecule has 0 bridgehead atoms. The number of Topliss-reactive ketones (excluding diaryl/α,β-unsaturated/α-hetero) is 1. The topological polar surface area (TPSA) is 72.2 Å². The number of ketones is 1. The van der Waals surface area contributed by atoms with Crippen molar-refractivity contribution >= 4 is 23.1 Å². The van der Waals surface area contributed by atoms with Gasteiger partial charge in [-0.15, -0.1) is 0 Å². The van der Waals surface area contributed by atoms with Crippen molar-refractivity contribution in [3.63, 3.8) is 0 Å². The Labute approximate surface area is 123 Å². The van der Waals surface area contributed by atoms with E-state index in [2.05, 4.69) is 5.32 Å². The van der Waals surface area contributed by atoms with Gasteiger partial charge in [0.2, 0.25) is 5.91 Å². The third-order valence-electron chi connectivity index (χ3n) is 3.76. The van der Waals surface area contributed by atoms with Crippen LogP contribution in [0.15, 0.2) is 48.5 Å². The molecule has 0 fully saturated rings. The van der Waals surface area contributed by atoms with Gasteiger partial charge in [-0.2, -0.15) is 0 Å². The van der Waals surface area contributed by atoms with Gasteiger partial charge in [-0.25, -0.2) is 0 Å². The first kappa shape index (κ1) is 13.4. The van der Waals surface area contributed by atoms with Gasteiger partial charge in [0.25, 0.3) is 0 Å². The number of amides is 1. The van der Waals surface area contributed by atoms with Gasteiger partial charge in [0.15, 0.2) is 5.78 Å². The Hall–Kier alpha value is -2.62. The van der Waals surface area contributed by atoms with E-state index in [1.165, 1.54) is 0 Å². The van der Waals surface area contributed by atoms with Crippen molar-refractivity contribution < 1.29 is 9.59 Å². The zero-order valence-electron chi connectivity index (χ0n) is 11.5.